The Morgan fingerprint density at radius 3 is 1.04 bits per heavy atom. The van der Waals surface area contributed by atoms with Gasteiger partial charge in [-0.05, 0) is 7.05 Å². The van der Waals surface area contributed by atoms with E-state index in [2.05, 4.69) is 15.3 Å². The second-order valence-corrected chi connectivity index (χ2v) is 10.7. The van der Waals surface area contributed by atoms with Gasteiger partial charge in [-0.25, -0.2) is 29.9 Å². The Bertz CT molecular complexity index is 2180. The monoisotopic (exact) mass is 603 g/mol. The molecule has 4 N–H and O–H groups in total. The smallest absolute Gasteiger partial charge is 0.317 e. The van der Waals surface area contributed by atoms with E-state index in [0.717, 1.165) is 43.8 Å². The molecule has 46 heavy (non-hydrogen) atoms. The summed E-state index contributed by atoms with van der Waals surface area (Å²) >= 11 is 0. The lowest BCUT2D eigenvalue weighted by molar-refractivity contribution is -0.135. The molecule has 2 aliphatic heterocycles. The second-order valence-electron chi connectivity index (χ2n) is 10.7. The maximum absolute atomic E-state index is 9.54. The van der Waals surface area contributed by atoms with Gasteiger partial charge in [-0.1, -0.05) is 97.1 Å². The van der Waals surface area contributed by atoms with E-state index in [0.29, 0.717) is 45.9 Å². The topological polar surface area (TPSA) is 158 Å². The highest BCUT2D eigenvalue weighted by Gasteiger charge is 2.21. The number of carboxylic acid groups (broad SMARTS) is 1. The molecule has 0 saturated carbocycles. The number of hydrogen-bond donors (Lipinski definition) is 4. The summed E-state index contributed by atoms with van der Waals surface area (Å²) in [7, 11) is 1.59. The summed E-state index contributed by atoms with van der Waals surface area (Å²) in [5.41, 5.74) is 6.45. The third-order valence-electron chi connectivity index (χ3n) is 7.79. The molecule has 0 amide bonds. The van der Waals surface area contributed by atoms with Crippen LogP contribution in [0.2, 0.25) is 0 Å². The van der Waals surface area contributed by atoms with E-state index < -0.39 is 5.97 Å². The number of aromatic amines is 2. The molecule has 4 aromatic carbocycles. The number of nitrogens with zero attached hydrogens (tertiary/aromatic N) is 6. The van der Waals surface area contributed by atoms with Crippen molar-refractivity contribution in [1.82, 2.24) is 45.2 Å². The molecule has 2 aliphatic rings. The van der Waals surface area contributed by atoms with Crippen molar-refractivity contribution in [3.8, 4) is 45.6 Å². The number of fused-ring (bicyclic) bond motifs is 20. The third kappa shape index (κ3) is 4.62. The minimum atomic E-state index is -0.822. The number of nitrogens with one attached hydrogen (secondary N) is 3. The van der Waals surface area contributed by atoms with Gasteiger partial charge in [0.2, 0.25) is 0 Å². The lowest BCUT2D eigenvalue weighted by Gasteiger charge is -1.96. The van der Waals surface area contributed by atoms with E-state index in [-0.39, 0.29) is 6.54 Å². The molecule has 0 fully saturated rings. The van der Waals surface area contributed by atoms with Crippen molar-refractivity contribution in [2.45, 2.75) is 0 Å². The van der Waals surface area contributed by atoms with Crippen LogP contribution < -0.4 is 5.32 Å². The predicted octanol–water partition coefficient (Wildman–Crippen LogP) is 6.16. The van der Waals surface area contributed by atoms with E-state index >= 15 is 0 Å². The van der Waals surface area contributed by atoms with E-state index in [1.54, 1.807) is 7.05 Å². The average Bonchev–Trinajstić information content (AvgIpc) is 3.81. The minimum absolute atomic E-state index is 0.0417. The number of aromatic nitrogens is 8. The minimum Gasteiger partial charge on any atom is -0.480 e. The molecular formula is C35H25N9O2. The molecule has 7 aromatic rings. The zero-order valence-corrected chi connectivity index (χ0v) is 24.5. The molecule has 9 rings (SSSR count). The first-order valence-electron chi connectivity index (χ1n) is 14.6. The van der Waals surface area contributed by atoms with Crippen LogP contribution in [0.25, 0.3) is 89.7 Å². The number of rotatable bonds is 2. The van der Waals surface area contributed by atoms with Gasteiger partial charge in [0, 0.05) is 43.8 Å². The van der Waals surface area contributed by atoms with Gasteiger partial charge in [0.15, 0.2) is 23.3 Å². The lowest BCUT2D eigenvalue weighted by Crippen LogP contribution is -2.16. The Hall–Kier alpha value is -6.33. The number of likely N-dealkylation sites (N-methyl/N-ethyl adjacent to an activating group) is 1. The van der Waals surface area contributed by atoms with Crippen LogP contribution in [0.5, 0.6) is 0 Å². The predicted molar refractivity (Wildman–Crippen MR) is 178 cm³/mol. The molecule has 0 atom stereocenters. The van der Waals surface area contributed by atoms with Crippen molar-refractivity contribution >= 4 is 50.1 Å². The molecule has 8 bridgehead atoms. The summed E-state index contributed by atoms with van der Waals surface area (Å²) in [6.07, 6.45) is 0. The average molecular weight is 604 g/mol. The highest BCUT2D eigenvalue weighted by molar-refractivity contribution is 6.06. The van der Waals surface area contributed by atoms with Gasteiger partial charge in [0.25, 0.3) is 0 Å². The number of carbonyl (C=O) groups is 1. The number of carboxylic acids is 1. The molecule has 0 saturated heterocycles. The van der Waals surface area contributed by atoms with Gasteiger partial charge >= 0.3 is 5.97 Å². The molecule has 0 unspecified atom stereocenters. The number of benzene rings is 4. The normalized spacial score (nSPS) is 11.5. The molecule has 5 heterocycles. The van der Waals surface area contributed by atoms with Crippen LogP contribution in [0.15, 0.2) is 97.1 Å². The summed E-state index contributed by atoms with van der Waals surface area (Å²) in [6, 6.07) is 32.2. The van der Waals surface area contributed by atoms with Gasteiger partial charge in [-0.2, -0.15) is 0 Å². The Kier molecular flexibility index (Phi) is 6.51. The van der Waals surface area contributed by atoms with Crippen LogP contribution in [0.3, 0.4) is 0 Å². The fraction of sp³-hybridized carbons (Fsp3) is 0.0571. The number of aliphatic carboxylic acids is 1. The van der Waals surface area contributed by atoms with Crippen LogP contribution >= 0.6 is 0 Å². The van der Waals surface area contributed by atoms with Crippen molar-refractivity contribution in [3.05, 3.63) is 97.1 Å². The highest BCUT2D eigenvalue weighted by Crippen LogP contribution is 2.36. The second kappa shape index (κ2) is 11.0. The Morgan fingerprint density at radius 1 is 0.522 bits per heavy atom. The first kappa shape index (κ1) is 27.2. The van der Waals surface area contributed by atoms with Crippen molar-refractivity contribution in [2.24, 2.45) is 0 Å². The molecule has 3 aromatic heterocycles. The van der Waals surface area contributed by atoms with Crippen molar-refractivity contribution in [2.75, 3.05) is 13.6 Å². The van der Waals surface area contributed by atoms with Gasteiger partial charge in [-0.15, -0.1) is 0 Å². The molecule has 222 valence electrons. The molecule has 0 aliphatic carbocycles. The van der Waals surface area contributed by atoms with Crippen molar-refractivity contribution < 1.29 is 9.90 Å². The summed E-state index contributed by atoms with van der Waals surface area (Å²) in [5.74, 6) is 1.57. The van der Waals surface area contributed by atoms with Crippen molar-refractivity contribution in [3.63, 3.8) is 0 Å². The van der Waals surface area contributed by atoms with Crippen LogP contribution in [0, 0.1) is 0 Å². The van der Waals surface area contributed by atoms with Gasteiger partial charge in [-0.3, -0.25) is 4.79 Å². The maximum atomic E-state index is 9.54. The Labute approximate surface area is 261 Å². The zero-order valence-electron chi connectivity index (χ0n) is 24.5. The molecule has 0 spiro atoms. The summed E-state index contributed by atoms with van der Waals surface area (Å²) in [5, 5.41) is 14.1. The first-order chi connectivity index (χ1) is 22.6. The van der Waals surface area contributed by atoms with Gasteiger partial charge in [0.1, 0.15) is 22.6 Å². The number of hydrogen-bond acceptors (Lipinski definition) is 8. The van der Waals surface area contributed by atoms with E-state index in [1.807, 2.05) is 97.1 Å². The summed E-state index contributed by atoms with van der Waals surface area (Å²) in [6.45, 7) is 0.0417. The largest absolute Gasteiger partial charge is 0.480 e. The Balaban J connectivity index is 0.000000478. The summed E-state index contributed by atoms with van der Waals surface area (Å²) in [4.78, 5) is 46.3. The van der Waals surface area contributed by atoms with Crippen molar-refractivity contribution in [1.29, 1.82) is 0 Å². The quantitative estimate of drug-likeness (QED) is 0.182. The molecular weight excluding hydrogens is 578 g/mol. The van der Waals surface area contributed by atoms with Crippen LogP contribution in [0.4, 0.5) is 0 Å². The molecule has 11 heteroatoms. The zero-order chi connectivity index (χ0) is 31.2. The summed E-state index contributed by atoms with van der Waals surface area (Å²) < 4.78 is 0. The maximum Gasteiger partial charge on any atom is 0.317 e. The van der Waals surface area contributed by atoms with Gasteiger partial charge in [0.05, 0.1) is 6.54 Å². The number of H-pyrrole nitrogens is 2. The van der Waals surface area contributed by atoms with Crippen LogP contribution in [-0.2, 0) is 4.79 Å². The molecule has 0 radical (unpaired) electrons. The SMILES string of the molecule is CNCC(=O)O.c1ccc2c(c1)-c1nc-2nc2[nH]c(nc3nc(nc4[nH]c(n1)c1ccccc41)-c1ccccc1-3)c1ccccc21. The Morgan fingerprint density at radius 2 is 0.804 bits per heavy atom. The van der Waals surface area contributed by atoms with Gasteiger partial charge < -0.3 is 20.4 Å². The van der Waals surface area contributed by atoms with E-state index in [1.165, 1.54) is 0 Å². The lowest BCUT2D eigenvalue weighted by atomic mass is 10.1. The third-order valence-corrected chi connectivity index (χ3v) is 7.79. The van der Waals surface area contributed by atoms with Crippen LogP contribution in [0.1, 0.15) is 0 Å². The highest BCUT2D eigenvalue weighted by atomic mass is 16.4. The van der Waals surface area contributed by atoms with E-state index in [9.17, 15) is 4.79 Å². The fourth-order valence-electron chi connectivity index (χ4n) is 5.74. The molecule has 11 nitrogen and oxygen atoms in total. The fourth-order valence-corrected chi connectivity index (χ4v) is 5.74. The standard InChI is InChI=1S/C32H18N8.C3H7NO2/c1-2-10-18-17(9-1)25-33-26(18)38-28-21-13-5-6-14-22(21)30(35-28)40-32-24-16-8-7-15-23(24)31(36-32)39-29-20-12-4-3-11-19(20)27(34-29)37-25;1-4-2-3(5)6/h1-16H,(H2,33,34,35,36,37,38,39,40);4H,2H2,1H3,(H,5,6). The van der Waals surface area contributed by atoms with Crippen LogP contribution in [-0.4, -0.2) is 64.5 Å². The first-order valence-corrected chi connectivity index (χ1v) is 14.6. The van der Waals surface area contributed by atoms with E-state index in [4.69, 9.17) is 35.0 Å².